The highest BCUT2D eigenvalue weighted by Gasteiger charge is 2.05. The molecule has 0 radical (unpaired) electrons. The lowest BCUT2D eigenvalue weighted by Crippen LogP contribution is -2.10. The fraction of sp³-hybridized carbons (Fsp3) is 0.400. The van der Waals surface area contributed by atoms with E-state index in [1.807, 2.05) is 25.6 Å². The molecular weight excluding hydrogens is 208 g/mol. The molecule has 4 nitrogen and oxygen atoms in total. The minimum Gasteiger partial charge on any atom is -0.312 e. The monoisotopic (exact) mass is 222 g/mol. The number of thiazole rings is 1. The summed E-state index contributed by atoms with van der Waals surface area (Å²) >= 11 is 1.71. The van der Waals surface area contributed by atoms with Crippen molar-refractivity contribution in [2.75, 3.05) is 6.54 Å². The first-order valence-electron chi connectivity index (χ1n) is 4.94. The molecule has 0 fully saturated rings. The standard InChI is InChI=1S/C10H14N4S/c1-3-11-5-9-6-12-10(15-9)8-4-13-14(2)7-8/h4,6-7,11H,3,5H2,1-2H3. The predicted molar refractivity (Wildman–Crippen MR) is 61.7 cm³/mol. The van der Waals surface area contributed by atoms with E-state index < -0.39 is 0 Å². The topological polar surface area (TPSA) is 42.7 Å². The van der Waals surface area contributed by atoms with Crippen molar-refractivity contribution >= 4 is 11.3 Å². The van der Waals surface area contributed by atoms with Crippen molar-refractivity contribution in [3.8, 4) is 10.6 Å². The molecule has 0 saturated heterocycles. The molecular formula is C10H14N4S. The maximum Gasteiger partial charge on any atom is 0.126 e. The van der Waals surface area contributed by atoms with E-state index in [1.54, 1.807) is 16.0 Å². The lowest BCUT2D eigenvalue weighted by atomic mass is 10.4. The Morgan fingerprint density at radius 1 is 1.47 bits per heavy atom. The maximum absolute atomic E-state index is 4.38. The van der Waals surface area contributed by atoms with Gasteiger partial charge in [-0.05, 0) is 6.54 Å². The molecule has 0 saturated carbocycles. The van der Waals surface area contributed by atoms with E-state index in [0.717, 1.165) is 23.7 Å². The maximum atomic E-state index is 4.38. The number of hydrogen-bond acceptors (Lipinski definition) is 4. The van der Waals surface area contributed by atoms with Crippen LogP contribution in [0.15, 0.2) is 18.6 Å². The number of hydrogen-bond donors (Lipinski definition) is 1. The van der Waals surface area contributed by atoms with Gasteiger partial charge in [-0.3, -0.25) is 4.68 Å². The van der Waals surface area contributed by atoms with E-state index in [0.29, 0.717) is 0 Å². The van der Waals surface area contributed by atoms with Crippen LogP contribution in [0.25, 0.3) is 10.6 Å². The van der Waals surface area contributed by atoms with Gasteiger partial charge in [0.2, 0.25) is 0 Å². The number of rotatable bonds is 4. The summed E-state index contributed by atoms with van der Waals surface area (Å²) in [5.74, 6) is 0. The molecule has 1 N–H and O–H groups in total. The van der Waals surface area contributed by atoms with Gasteiger partial charge in [0.1, 0.15) is 5.01 Å². The van der Waals surface area contributed by atoms with Gasteiger partial charge in [-0.1, -0.05) is 6.92 Å². The molecule has 2 heterocycles. The summed E-state index contributed by atoms with van der Waals surface area (Å²) in [5, 5.41) is 8.45. The molecule has 0 unspecified atom stereocenters. The molecule has 80 valence electrons. The van der Waals surface area contributed by atoms with Gasteiger partial charge in [-0.25, -0.2) is 4.98 Å². The van der Waals surface area contributed by atoms with Crippen molar-refractivity contribution in [3.05, 3.63) is 23.5 Å². The van der Waals surface area contributed by atoms with E-state index in [1.165, 1.54) is 4.88 Å². The van der Waals surface area contributed by atoms with Gasteiger partial charge in [-0.15, -0.1) is 11.3 Å². The zero-order chi connectivity index (χ0) is 10.7. The van der Waals surface area contributed by atoms with Crippen LogP contribution in [0.5, 0.6) is 0 Å². The second-order valence-corrected chi connectivity index (χ2v) is 4.43. The summed E-state index contributed by atoms with van der Waals surface area (Å²) in [7, 11) is 1.91. The summed E-state index contributed by atoms with van der Waals surface area (Å²) in [5.41, 5.74) is 1.09. The van der Waals surface area contributed by atoms with Crippen LogP contribution in [0.1, 0.15) is 11.8 Å². The van der Waals surface area contributed by atoms with Crippen LogP contribution in [0.4, 0.5) is 0 Å². The fourth-order valence-corrected chi connectivity index (χ4v) is 2.16. The molecule has 0 amide bonds. The van der Waals surface area contributed by atoms with Gasteiger partial charge in [0.25, 0.3) is 0 Å². The minimum absolute atomic E-state index is 0.897. The third kappa shape index (κ3) is 2.43. The highest BCUT2D eigenvalue weighted by atomic mass is 32.1. The van der Waals surface area contributed by atoms with E-state index in [2.05, 4.69) is 22.3 Å². The third-order valence-electron chi connectivity index (χ3n) is 2.05. The number of aromatic nitrogens is 3. The van der Waals surface area contributed by atoms with Gasteiger partial charge in [0, 0.05) is 36.4 Å². The van der Waals surface area contributed by atoms with Crippen LogP contribution in [0.2, 0.25) is 0 Å². The first-order valence-corrected chi connectivity index (χ1v) is 5.75. The van der Waals surface area contributed by atoms with Crippen LogP contribution in [-0.2, 0) is 13.6 Å². The first-order chi connectivity index (χ1) is 7.29. The van der Waals surface area contributed by atoms with Crippen LogP contribution < -0.4 is 5.32 Å². The van der Waals surface area contributed by atoms with Crippen molar-refractivity contribution in [1.29, 1.82) is 0 Å². The Labute approximate surface area is 93.0 Å². The molecule has 15 heavy (non-hydrogen) atoms. The normalized spacial score (nSPS) is 10.8. The minimum atomic E-state index is 0.897. The van der Waals surface area contributed by atoms with E-state index in [-0.39, 0.29) is 0 Å². The van der Waals surface area contributed by atoms with Crippen LogP contribution in [0, 0.1) is 0 Å². The summed E-state index contributed by atoms with van der Waals surface area (Å²) in [6, 6.07) is 0. The summed E-state index contributed by atoms with van der Waals surface area (Å²) < 4.78 is 1.79. The van der Waals surface area contributed by atoms with Gasteiger partial charge in [0.05, 0.1) is 6.20 Å². The Bertz CT molecular complexity index is 432. The Morgan fingerprint density at radius 2 is 2.33 bits per heavy atom. The number of nitrogens with one attached hydrogen (secondary N) is 1. The summed E-state index contributed by atoms with van der Waals surface area (Å²) in [4.78, 5) is 5.64. The second-order valence-electron chi connectivity index (χ2n) is 3.31. The number of nitrogens with zero attached hydrogens (tertiary/aromatic N) is 3. The highest BCUT2D eigenvalue weighted by Crippen LogP contribution is 2.24. The average molecular weight is 222 g/mol. The molecule has 0 bridgehead atoms. The van der Waals surface area contributed by atoms with E-state index in [9.17, 15) is 0 Å². The molecule has 5 heteroatoms. The van der Waals surface area contributed by atoms with Crippen LogP contribution in [-0.4, -0.2) is 21.3 Å². The quantitative estimate of drug-likeness (QED) is 0.855. The summed E-state index contributed by atoms with van der Waals surface area (Å²) in [6.07, 6.45) is 5.75. The van der Waals surface area contributed by atoms with Crippen molar-refractivity contribution in [1.82, 2.24) is 20.1 Å². The smallest absolute Gasteiger partial charge is 0.126 e. The van der Waals surface area contributed by atoms with Gasteiger partial charge in [0.15, 0.2) is 0 Å². The van der Waals surface area contributed by atoms with Gasteiger partial charge < -0.3 is 5.32 Å². The summed E-state index contributed by atoms with van der Waals surface area (Å²) in [6.45, 7) is 3.98. The highest BCUT2D eigenvalue weighted by molar-refractivity contribution is 7.15. The van der Waals surface area contributed by atoms with Crippen molar-refractivity contribution in [2.45, 2.75) is 13.5 Å². The lowest BCUT2D eigenvalue weighted by Gasteiger charge is -1.94. The zero-order valence-corrected chi connectivity index (χ0v) is 9.71. The Morgan fingerprint density at radius 3 is 3.00 bits per heavy atom. The molecule has 0 aliphatic carbocycles. The van der Waals surface area contributed by atoms with Crippen molar-refractivity contribution < 1.29 is 0 Å². The molecule has 2 aromatic heterocycles. The van der Waals surface area contributed by atoms with E-state index >= 15 is 0 Å². The van der Waals surface area contributed by atoms with Gasteiger partial charge in [-0.2, -0.15) is 5.10 Å². The molecule has 0 aromatic carbocycles. The van der Waals surface area contributed by atoms with E-state index in [4.69, 9.17) is 0 Å². The average Bonchev–Trinajstić information content (AvgIpc) is 2.83. The second kappa shape index (κ2) is 4.55. The Hall–Kier alpha value is -1.20. The predicted octanol–water partition coefficient (Wildman–Crippen LogP) is 1.65. The van der Waals surface area contributed by atoms with Crippen LogP contribution in [0.3, 0.4) is 0 Å². The number of aryl methyl sites for hydroxylation is 1. The zero-order valence-electron chi connectivity index (χ0n) is 8.90. The molecule has 0 aliphatic rings. The lowest BCUT2D eigenvalue weighted by molar-refractivity contribution is 0.734. The van der Waals surface area contributed by atoms with Crippen LogP contribution >= 0.6 is 11.3 Å². The largest absolute Gasteiger partial charge is 0.312 e. The SMILES string of the molecule is CCNCc1cnc(-c2cnn(C)c2)s1. The Kier molecular flexibility index (Phi) is 3.13. The fourth-order valence-electron chi connectivity index (χ4n) is 1.30. The Balaban J connectivity index is 2.13. The molecule has 2 aromatic rings. The third-order valence-corrected chi connectivity index (χ3v) is 3.10. The molecule has 0 spiro atoms. The van der Waals surface area contributed by atoms with Gasteiger partial charge >= 0.3 is 0 Å². The first kappa shape index (κ1) is 10.3. The van der Waals surface area contributed by atoms with Crippen molar-refractivity contribution in [3.63, 3.8) is 0 Å². The molecule has 2 rings (SSSR count). The molecule has 0 aliphatic heterocycles. The molecule has 0 atom stereocenters. The van der Waals surface area contributed by atoms with Crippen molar-refractivity contribution in [2.24, 2.45) is 7.05 Å².